The Morgan fingerprint density at radius 3 is 2.51 bits per heavy atom. The van der Waals surface area contributed by atoms with Crippen LogP contribution in [0.2, 0.25) is 0 Å². The highest BCUT2D eigenvalue weighted by Crippen LogP contribution is 2.30. The summed E-state index contributed by atoms with van der Waals surface area (Å²) in [5.41, 5.74) is 4.74. The number of nitrogens with one attached hydrogen (secondary N) is 1. The van der Waals surface area contributed by atoms with Gasteiger partial charge in [0.25, 0.3) is 0 Å². The lowest BCUT2D eigenvalue weighted by Crippen LogP contribution is -2.46. The van der Waals surface area contributed by atoms with E-state index in [1.165, 1.54) is 0 Å². The van der Waals surface area contributed by atoms with Gasteiger partial charge >= 0.3 is 0 Å². The Bertz CT molecular complexity index is 1410. The summed E-state index contributed by atoms with van der Waals surface area (Å²) in [6, 6.07) is 10.2. The molecule has 0 spiro atoms. The molecule has 1 N–H and O–H groups in total. The van der Waals surface area contributed by atoms with Crippen molar-refractivity contribution in [2.24, 2.45) is 7.05 Å². The van der Waals surface area contributed by atoms with Gasteiger partial charge in [0, 0.05) is 56.4 Å². The van der Waals surface area contributed by atoms with Crippen LogP contribution in [0.1, 0.15) is 35.3 Å². The van der Waals surface area contributed by atoms with Gasteiger partial charge in [-0.25, -0.2) is 4.98 Å². The second-order valence-electron chi connectivity index (χ2n) is 9.07. The molecule has 5 rings (SSSR count). The number of piperazine rings is 1. The van der Waals surface area contributed by atoms with E-state index >= 15 is 0 Å². The molecule has 0 unspecified atom stereocenters. The third kappa shape index (κ3) is 4.35. The second kappa shape index (κ2) is 9.22. The van der Waals surface area contributed by atoms with Crippen LogP contribution in [0, 0.1) is 25.2 Å². The van der Waals surface area contributed by atoms with E-state index in [-0.39, 0.29) is 6.04 Å². The highest BCUT2D eigenvalue weighted by Gasteiger charge is 2.21. The van der Waals surface area contributed by atoms with Crippen molar-refractivity contribution in [3.63, 3.8) is 0 Å². The second-order valence-corrected chi connectivity index (χ2v) is 9.07. The molecule has 3 aromatic heterocycles. The van der Waals surface area contributed by atoms with E-state index in [0.717, 1.165) is 71.1 Å². The van der Waals surface area contributed by atoms with E-state index in [4.69, 9.17) is 4.98 Å². The maximum atomic E-state index is 9.41. The molecule has 0 amide bonds. The molecular formula is C26H29N9. The molecular weight excluding hydrogens is 438 g/mol. The SMILES string of the molecule is Cc1c(C#N)cccc1[C@@H](C)Nc1nnc(C)c2cnc(N3CCN(c4cnn(C)c4)CC3)cc12. The number of fused-ring (bicyclic) bond motifs is 1. The average Bonchev–Trinajstić information content (AvgIpc) is 3.32. The van der Waals surface area contributed by atoms with Crippen molar-refractivity contribution < 1.29 is 0 Å². The van der Waals surface area contributed by atoms with Gasteiger partial charge in [0.2, 0.25) is 0 Å². The molecule has 178 valence electrons. The quantitative estimate of drug-likeness (QED) is 0.474. The predicted molar refractivity (Wildman–Crippen MR) is 138 cm³/mol. The van der Waals surface area contributed by atoms with E-state index in [1.54, 1.807) is 0 Å². The lowest BCUT2D eigenvalue weighted by molar-refractivity contribution is 0.647. The Labute approximate surface area is 205 Å². The summed E-state index contributed by atoms with van der Waals surface area (Å²) >= 11 is 0. The zero-order chi connectivity index (χ0) is 24.5. The van der Waals surface area contributed by atoms with E-state index < -0.39 is 0 Å². The standard InChI is InChI=1S/C26H29N9/c1-17-20(13-27)6-5-7-22(17)18(2)30-26-23-12-25(28-15-24(23)19(3)31-32-26)35-10-8-34(9-11-35)21-14-29-33(4)16-21/h5-7,12,14-16,18H,8-11H2,1-4H3,(H,30,32)/t18-/m1/s1. The van der Waals surface area contributed by atoms with E-state index in [0.29, 0.717) is 5.56 Å². The fourth-order valence-electron chi connectivity index (χ4n) is 4.73. The van der Waals surface area contributed by atoms with E-state index in [9.17, 15) is 5.26 Å². The van der Waals surface area contributed by atoms with Crippen LogP contribution in [-0.2, 0) is 7.05 Å². The van der Waals surface area contributed by atoms with Crippen LogP contribution in [0.5, 0.6) is 0 Å². The lowest BCUT2D eigenvalue weighted by atomic mass is 9.98. The molecule has 9 heteroatoms. The first-order chi connectivity index (χ1) is 16.9. The fraction of sp³-hybridized carbons (Fsp3) is 0.346. The van der Waals surface area contributed by atoms with Crippen molar-refractivity contribution in [2.75, 3.05) is 41.3 Å². The van der Waals surface area contributed by atoms with Gasteiger partial charge in [-0.2, -0.15) is 15.5 Å². The summed E-state index contributed by atoms with van der Waals surface area (Å²) in [5, 5.41) is 28.1. The summed E-state index contributed by atoms with van der Waals surface area (Å²) < 4.78 is 1.84. The summed E-state index contributed by atoms with van der Waals surface area (Å²) in [7, 11) is 1.94. The van der Waals surface area contributed by atoms with Gasteiger partial charge in [-0.1, -0.05) is 12.1 Å². The van der Waals surface area contributed by atoms with Crippen LogP contribution in [0.25, 0.3) is 10.8 Å². The zero-order valence-electron chi connectivity index (χ0n) is 20.5. The van der Waals surface area contributed by atoms with Gasteiger partial charge in [-0.15, -0.1) is 5.10 Å². The maximum absolute atomic E-state index is 9.41. The molecule has 9 nitrogen and oxygen atoms in total. The summed E-state index contributed by atoms with van der Waals surface area (Å²) in [5.74, 6) is 1.66. The Kier molecular flexibility index (Phi) is 5.95. The van der Waals surface area contributed by atoms with Crippen molar-refractivity contribution >= 4 is 28.1 Å². The number of anilines is 3. The predicted octanol–water partition coefficient (Wildman–Crippen LogP) is 3.75. The van der Waals surface area contributed by atoms with E-state index in [1.807, 2.05) is 56.2 Å². The summed E-state index contributed by atoms with van der Waals surface area (Å²) in [6.45, 7) is 9.60. The summed E-state index contributed by atoms with van der Waals surface area (Å²) in [4.78, 5) is 9.44. The van der Waals surface area contributed by atoms with Crippen molar-refractivity contribution in [3.05, 3.63) is 65.2 Å². The summed E-state index contributed by atoms with van der Waals surface area (Å²) in [6.07, 6.45) is 5.87. The third-order valence-corrected chi connectivity index (χ3v) is 6.81. The topological polar surface area (TPSA) is 98.8 Å². The first kappa shape index (κ1) is 22.6. The largest absolute Gasteiger partial charge is 0.365 e. The number of pyridine rings is 1. The van der Waals surface area contributed by atoms with Gasteiger partial charge in [-0.05, 0) is 44.0 Å². The van der Waals surface area contributed by atoms with Gasteiger partial charge in [0.1, 0.15) is 5.82 Å². The molecule has 1 atom stereocenters. The van der Waals surface area contributed by atoms with Crippen molar-refractivity contribution in [2.45, 2.75) is 26.8 Å². The van der Waals surface area contributed by atoms with Crippen molar-refractivity contribution in [3.8, 4) is 6.07 Å². The molecule has 0 saturated carbocycles. The first-order valence-electron chi connectivity index (χ1n) is 11.8. The molecule has 4 aromatic rings. The van der Waals surface area contributed by atoms with Crippen molar-refractivity contribution in [1.82, 2.24) is 25.0 Å². The van der Waals surface area contributed by atoms with Crippen LogP contribution >= 0.6 is 0 Å². The third-order valence-electron chi connectivity index (χ3n) is 6.81. The number of hydrogen-bond acceptors (Lipinski definition) is 8. The molecule has 1 aromatic carbocycles. The monoisotopic (exact) mass is 467 g/mol. The van der Waals surface area contributed by atoms with Crippen LogP contribution in [-0.4, -0.2) is 51.1 Å². The Morgan fingerprint density at radius 2 is 1.80 bits per heavy atom. The minimum atomic E-state index is -0.0388. The van der Waals surface area contributed by atoms with Crippen LogP contribution in [0.15, 0.2) is 42.9 Å². The fourth-order valence-corrected chi connectivity index (χ4v) is 4.73. The molecule has 1 aliphatic heterocycles. The number of aryl methyl sites for hydroxylation is 2. The molecule has 4 heterocycles. The molecule has 0 bridgehead atoms. The number of hydrogen-bond donors (Lipinski definition) is 1. The lowest BCUT2D eigenvalue weighted by Gasteiger charge is -2.36. The smallest absolute Gasteiger partial charge is 0.157 e. The van der Waals surface area contributed by atoms with Crippen LogP contribution in [0.3, 0.4) is 0 Å². The number of nitriles is 1. The number of aromatic nitrogens is 5. The molecule has 1 fully saturated rings. The average molecular weight is 468 g/mol. The Hall–Kier alpha value is -4.19. The zero-order valence-corrected chi connectivity index (χ0v) is 20.5. The first-order valence-corrected chi connectivity index (χ1v) is 11.8. The highest BCUT2D eigenvalue weighted by atomic mass is 15.3. The van der Waals surface area contributed by atoms with Gasteiger partial charge in [0.15, 0.2) is 5.82 Å². The Morgan fingerprint density at radius 1 is 1.03 bits per heavy atom. The highest BCUT2D eigenvalue weighted by molar-refractivity contribution is 5.94. The maximum Gasteiger partial charge on any atom is 0.157 e. The molecule has 1 aliphatic rings. The van der Waals surface area contributed by atoms with Crippen LogP contribution < -0.4 is 15.1 Å². The minimum Gasteiger partial charge on any atom is -0.365 e. The molecule has 0 radical (unpaired) electrons. The molecule has 1 saturated heterocycles. The van der Waals surface area contributed by atoms with Crippen molar-refractivity contribution in [1.29, 1.82) is 5.26 Å². The van der Waals surface area contributed by atoms with Gasteiger partial charge in [-0.3, -0.25) is 4.68 Å². The minimum absolute atomic E-state index is 0.0388. The Balaban J connectivity index is 1.40. The van der Waals surface area contributed by atoms with Gasteiger partial charge in [0.05, 0.1) is 35.3 Å². The van der Waals surface area contributed by atoms with E-state index in [2.05, 4.69) is 55.7 Å². The molecule has 35 heavy (non-hydrogen) atoms. The number of benzene rings is 1. The normalized spacial score (nSPS) is 14.7. The number of nitrogens with zero attached hydrogens (tertiary/aromatic N) is 8. The number of rotatable bonds is 5. The molecule has 0 aliphatic carbocycles. The van der Waals surface area contributed by atoms with Gasteiger partial charge < -0.3 is 15.1 Å². The van der Waals surface area contributed by atoms with Crippen LogP contribution in [0.4, 0.5) is 17.3 Å².